The molecule has 0 aliphatic carbocycles. The molecule has 6 nitrogen and oxygen atoms in total. The SMILES string of the molecule is CN(CCCCCO)c1cccc(S(N)(=O)=O)c1N. The Morgan fingerprint density at radius 2 is 1.95 bits per heavy atom. The summed E-state index contributed by atoms with van der Waals surface area (Å²) in [7, 11) is -1.96. The Morgan fingerprint density at radius 3 is 2.53 bits per heavy atom. The maximum absolute atomic E-state index is 11.4. The number of para-hydroxylation sites is 1. The largest absolute Gasteiger partial charge is 0.396 e. The van der Waals surface area contributed by atoms with Crippen LogP contribution in [0, 0.1) is 0 Å². The van der Waals surface area contributed by atoms with E-state index in [9.17, 15) is 8.42 Å². The zero-order chi connectivity index (χ0) is 14.5. The second-order valence-electron chi connectivity index (χ2n) is 4.44. The third-order valence-electron chi connectivity index (χ3n) is 2.91. The van der Waals surface area contributed by atoms with Gasteiger partial charge in [-0.2, -0.15) is 0 Å². The molecule has 0 saturated heterocycles. The molecular formula is C12H21N3O3S. The van der Waals surface area contributed by atoms with Crippen molar-refractivity contribution in [3.05, 3.63) is 18.2 Å². The van der Waals surface area contributed by atoms with Crippen LogP contribution in [0.5, 0.6) is 0 Å². The molecule has 0 fully saturated rings. The van der Waals surface area contributed by atoms with Gasteiger partial charge in [0.05, 0.1) is 11.4 Å². The van der Waals surface area contributed by atoms with E-state index in [1.165, 1.54) is 6.07 Å². The molecule has 0 radical (unpaired) electrons. The van der Waals surface area contributed by atoms with E-state index in [-0.39, 0.29) is 17.2 Å². The minimum Gasteiger partial charge on any atom is -0.396 e. The summed E-state index contributed by atoms with van der Waals surface area (Å²) in [5.74, 6) is 0. The van der Waals surface area contributed by atoms with Gasteiger partial charge in [-0.3, -0.25) is 0 Å². The summed E-state index contributed by atoms with van der Waals surface area (Å²) in [5.41, 5.74) is 6.68. The number of nitrogen functional groups attached to an aromatic ring is 1. The number of hydrogen-bond acceptors (Lipinski definition) is 5. The Balaban J connectivity index is 2.84. The van der Waals surface area contributed by atoms with Crippen molar-refractivity contribution < 1.29 is 13.5 Å². The number of aliphatic hydroxyl groups is 1. The molecule has 0 spiro atoms. The first-order valence-corrected chi connectivity index (χ1v) is 7.66. The molecule has 0 atom stereocenters. The van der Waals surface area contributed by atoms with Crippen LogP contribution in [0.15, 0.2) is 23.1 Å². The van der Waals surface area contributed by atoms with Crippen LogP contribution in [0.4, 0.5) is 11.4 Å². The number of unbranched alkanes of at least 4 members (excludes halogenated alkanes) is 2. The van der Waals surface area contributed by atoms with E-state index in [1.807, 2.05) is 11.9 Å². The molecule has 1 aromatic rings. The molecule has 5 N–H and O–H groups in total. The first-order chi connectivity index (χ1) is 8.88. The summed E-state index contributed by atoms with van der Waals surface area (Å²) in [6.07, 6.45) is 2.58. The lowest BCUT2D eigenvalue weighted by atomic mass is 10.2. The van der Waals surface area contributed by atoms with Crippen molar-refractivity contribution in [2.45, 2.75) is 24.2 Å². The van der Waals surface area contributed by atoms with Crippen LogP contribution in [0.25, 0.3) is 0 Å². The van der Waals surface area contributed by atoms with Crippen molar-refractivity contribution in [3.8, 4) is 0 Å². The van der Waals surface area contributed by atoms with E-state index in [0.29, 0.717) is 5.69 Å². The fourth-order valence-electron chi connectivity index (χ4n) is 1.87. The average Bonchev–Trinajstić information content (AvgIpc) is 2.33. The van der Waals surface area contributed by atoms with E-state index in [4.69, 9.17) is 16.0 Å². The lowest BCUT2D eigenvalue weighted by molar-refractivity contribution is 0.283. The van der Waals surface area contributed by atoms with Gasteiger partial charge in [-0.05, 0) is 31.4 Å². The first-order valence-electron chi connectivity index (χ1n) is 6.11. The number of hydrogen-bond donors (Lipinski definition) is 3. The third kappa shape index (κ3) is 4.38. The highest BCUT2D eigenvalue weighted by Gasteiger charge is 2.16. The molecule has 1 aromatic carbocycles. The van der Waals surface area contributed by atoms with E-state index in [2.05, 4.69) is 0 Å². The minimum atomic E-state index is -3.80. The monoisotopic (exact) mass is 287 g/mol. The summed E-state index contributed by atoms with van der Waals surface area (Å²) >= 11 is 0. The Morgan fingerprint density at radius 1 is 1.26 bits per heavy atom. The van der Waals surface area contributed by atoms with Crippen molar-refractivity contribution in [1.29, 1.82) is 0 Å². The van der Waals surface area contributed by atoms with Gasteiger partial charge in [0.15, 0.2) is 0 Å². The van der Waals surface area contributed by atoms with Crippen LogP contribution in [0.3, 0.4) is 0 Å². The Hall–Kier alpha value is -1.31. The quantitative estimate of drug-likeness (QED) is 0.500. The molecular weight excluding hydrogens is 266 g/mol. The highest BCUT2D eigenvalue weighted by atomic mass is 32.2. The first kappa shape index (κ1) is 15.7. The second-order valence-corrected chi connectivity index (χ2v) is 5.97. The van der Waals surface area contributed by atoms with Gasteiger partial charge >= 0.3 is 0 Å². The predicted molar refractivity (Wildman–Crippen MR) is 76.4 cm³/mol. The zero-order valence-corrected chi connectivity index (χ0v) is 11.9. The lowest BCUT2D eigenvalue weighted by Gasteiger charge is -2.22. The van der Waals surface area contributed by atoms with Crippen molar-refractivity contribution in [3.63, 3.8) is 0 Å². The topological polar surface area (TPSA) is 110 Å². The van der Waals surface area contributed by atoms with Gasteiger partial charge in [0, 0.05) is 20.2 Å². The summed E-state index contributed by atoms with van der Waals surface area (Å²) in [6.45, 7) is 0.922. The molecule has 0 unspecified atom stereocenters. The maximum atomic E-state index is 11.4. The van der Waals surface area contributed by atoms with Gasteiger partial charge in [0.1, 0.15) is 4.90 Å². The van der Waals surface area contributed by atoms with Crippen LogP contribution >= 0.6 is 0 Å². The molecule has 0 heterocycles. The highest BCUT2D eigenvalue weighted by molar-refractivity contribution is 7.89. The standard InChI is InChI=1S/C12H21N3O3S/c1-15(8-3-2-4-9-16)10-6-5-7-11(12(10)13)19(14,17)18/h5-7,16H,2-4,8-9,13H2,1H3,(H2,14,17,18). The number of nitrogens with two attached hydrogens (primary N) is 2. The lowest BCUT2D eigenvalue weighted by Crippen LogP contribution is -2.22. The molecule has 0 aliphatic heterocycles. The van der Waals surface area contributed by atoms with Crippen LogP contribution in [-0.2, 0) is 10.0 Å². The van der Waals surface area contributed by atoms with Crippen LogP contribution in [-0.4, -0.2) is 33.7 Å². The summed E-state index contributed by atoms with van der Waals surface area (Å²) < 4.78 is 22.8. The number of nitrogens with zero attached hydrogens (tertiary/aromatic N) is 1. The summed E-state index contributed by atoms with van der Waals surface area (Å²) in [4.78, 5) is 1.84. The fraction of sp³-hybridized carbons (Fsp3) is 0.500. The van der Waals surface area contributed by atoms with E-state index in [1.54, 1.807) is 12.1 Å². The van der Waals surface area contributed by atoms with Crippen molar-refractivity contribution in [2.75, 3.05) is 30.8 Å². The molecule has 108 valence electrons. The number of benzene rings is 1. The number of sulfonamides is 1. The number of primary sulfonamides is 1. The molecule has 19 heavy (non-hydrogen) atoms. The Kier molecular flexibility index (Phi) is 5.59. The van der Waals surface area contributed by atoms with Gasteiger partial charge in [0.25, 0.3) is 0 Å². The van der Waals surface area contributed by atoms with Crippen LogP contribution < -0.4 is 15.8 Å². The van der Waals surface area contributed by atoms with Gasteiger partial charge in [-0.25, -0.2) is 13.6 Å². The van der Waals surface area contributed by atoms with Crippen LogP contribution in [0.1, 0.15) is 19.3 Å². The van der Waals surface area contributed by atoms with Crippen molar-refractivity contribution in [1.82, 2.24) is 0 Å². The molecule has 7 heteroatoms. The molecule has 0 bridgehead atoms. The molecule has 0 aliphatic rings. The Labute approximate surface area is 114 Å². The van der Waals surface area contributed by atoms with Gasteiger partial charge < -0.3 is 15.7 Å². The summed E-state index contributed by atoms with van der Waals surface area (Å²) in [6, 6.07) is 4.78. The van der Waals surface area contributed by atoms with Crippen LogP contribution in [0.2, 0.25) is 0 Å². The zero-order valence-electron chi connectivity index (χ0n) is 11.0. The van der Waals surface area contributed by atoms with E-state index in [0.717, 1.165) is 25.8 Å². The highest BCUT2D eigenvalue weighted by Crippen LogP contribution is 2.28. The van der Waals surface area contributed by atoms with Gasteiger partial charge in [-0.1, -0.05) is 6.07 Å². The van der Waals surface area contributed by atoms with Crippen molar-refractivity contribution in [2.24, 2.45) is 5.14 Å². The number of aliphatic hydroxyl groups excluding tert-OH is 1. The predicted octanol–water partition coefficient (Wildman–Crippen LogP) is 0.515. The van der Waals surface area contributed by atoms with E-state index >= 15 is 0 Å². The van der Waals surface area contributed by atoms with Gasteiger partial charge in [0.2, 0.25) is 10.0 Å². The normalized spacial score (nSPS) is 11.5. The van der Waals surface area contributed by atoms with E-state index < -0.39 is 10.0 Å². The molecule has 0 saturated carbocycles. The van der Waals surface area contributed by atoms with Gasteiger partial charge in [-0.15, -0.1) is 0 Å². The molecule has 1 rings (SSSR count). The third-order valence-corrected chi connectivity index (χ3v) is 3.88. The molecule has 0 aromatic heterocycles. The minimum absolute atomic E-state index is 0.0489. The molecule has 0 amide bonds. The van der Waals surface area contributed by atoms with Crippen molar-refractivity contribution >= 4 is 21.4 Å². The number of anilines is 2. The smallest absolute Gasteiger partial charge is 0.240 e. The number of rotatable bonds is 7. The Bertz CT molecular complexity index is 517. The maximum Gasteiger partial charge on any atom is 0.240 e. The average molecular weight is 287 g/mol. The summed E-state index contributed by atoms with van der Waals surface area (Å²) in [5, 5.41) is 13.8. The fourth-order valence-corrected chi connectivity index (χ4v) is 2.55. The second kappa shape index (κ2) is 6.74.